The molecule has 3 nitrogen and oxygen atoms in total. The minimum absolute atomic E-state index is 0.660. The zero-order chi connectivity index (χ0) is 29.7. The van der Waals surface area contributed by atoms with Gasteiger partial charge in [0.15, 0.2) is 17.5 Å². The second kappa shape index (κ2) is 10.5. The zero-order valence-corrected chi connectivity index (χ0v) is 25.0. The third-order valence-electron chi connectivity index (χ3n) is 8.47. The van der Waals surface area contributed by atoms with Gasteiger partial charge in [-0.15, -0.1) is 11.3 Å². The van der Waals surface area contributed by atoms with E-state index in [0.29, 0.717) is 17.5 Å². The molecule has 2 heterocycles. The highest BCUT2D eigenvalue weighted by Crippen LogP contribution is 2.43. The van der Waals surface area contributed by atoms with Crippen LogP contribution in [-0.4, -0.2) is 15.0 Å². The molecule has 0 aliphatic rings. The van der Waals surface area contributed by atoms with E-state index in [9.17, 15) is 0 Å². The van der Waals surface area contributed by atoms with Gasteiger partial charge in [0, 0.05) is 36.9 Å². The van der Waals surface area contributed by atoms with Crippen LogP contribution in [0.5, 0.6) is 0 Å². The molecule has 0 bridgehead atoms. The molecule has 0 amide bonds. The first-order valence-corrected chi connectivity index (χ1v) is 15.8. The fraction of sp³-hybridized carbons (Fsp3) is 0. The smallest absolute Gasteiger partial charge is 0.164 e. The average molecular weight is 592 g/mol. The summed E-state index contributed by atoms with van der Waals surface area (Å²) in [6.07, 6.45) is 0. The molecule has 0 fully saturated rings. The van der Waals surface area contributed by atoms with E-state index in [1.54, 1.807) is 0 Å². The first-order valence-electron chi connectivity index (χ1n) is 15.0. The fourth-order valence-corrected chi connectivity index (χ4v) is 7.42. The monoisotopic (exact) mass is 591 g/mol. The number of fused-ring (bicyclic) bond motifs is 5. The first-order chi connectivity index (χ1) is 22.3. The highest BCUT2D eigenvalue weighted by Gasteiger charge is 2.18. The quantitative estimate of drug-likeness (QED) is 0.204. The fourth-order valence-electron chi connectivity index (χ4n) is 6.25. The second-order valence-electron chi connectivity index (χ2n) is 11.3. The lowest BCUT2D eigenvalue weighted by Crippen LogP contribution is -2.00. The van der Waals surface area contributed by atoms with Crippen molar-refractivity contribution < 1.29 is 0 Å². The van der Waals surface area contributed by atoms with E-state index < -0.39 is 0 Å². The van der Waals surface area contributed by atoms with Crippen molar-refractivity contribution in [1.82, 2.24) is 15.0 Å². The van der Waals surface area contributed by atoms with Crippen LogP contribution in [0.25, 0.3) is 87.0 Å². The van der Waals surface area contributed by atoms with Gasteiger partial charge in [-0.3, -0.25) is 0 Å². The van der Waals surface area contributed by atoms with E-state index in [1.165, 1.54) is 47.5 Å². The molecule has 0 radical (unpaired) electrons. The van der Waals surface area contributed by atoms with Gasteiger partial charge in [-0.1, -0.05) is 121 Å². The van der Waals surface area contributed by atoms with Crippen molar-refractivity contribution in [3.63, 3.8) is 0 Å². The van der Waals surface area contributed by atoms with Gasteiger partial charge in [-0.05, 0) is 63.0 Å². The van der Waals surface area contributed by atoms with Crippen LogP contribution in [0.1, 0.15) is 0 Å². The van der Waals surface area contributed by atoms with Crippen molar-refractivity contribution in [2.24, 2.45) is 0 Å². The second-order valence-corrected chi connectivity index (χ2v) is 12.4. The van der Waals surface area contributed by atoms with Crippen LogP contribution in [0.4, 0.5) is 0 Å². The highest BCUT2D eigenvalue weighted by atomic mass is 32.1. The van der Waals surface area contributed by atoms with Gasteiger partial charge in [0.05, 0.1) is 0 Å². The Hall–Kier alpha value is -5.71. The number of aromatic nitrogens is 3. The normalized spacial score (nSPS) is 11.6. The van der Waals surface area contributed by atoms with Crippen molar-refractivity contribution in [2.45, 2.75) is 0 Å². The van der Waals surface area contributed by atoms with E-state index in [0.717, 1.165) is 22.1 Å². The van der Waals surface area contributed by atoms with Crippen molar-refractivity contribution in [3.05, 3.63) is 152 Å². The van der Waals surface area contributed by atoms with Crippen molar-refractivity contribution >= 4 is 53.1 Å². The summed E-state index contributed by atoms with van der Waals surface area (Å²) in [5, 5.41) is 7.33. The van der Waals surface area contributed by atoms with Crippen LogP contribution < -0.4 is 0 Å². The van der Waals surface area contributed by atoms with Gasteiger partial charge < -0.3 is 0 Å². The lowest BCUT2D eigenvalue weighted by atomic mass is 9.95. The minimum atomic E-state index is 0.660. The number of hydrogen-bond acceptors (Lipinski definition) is 4. The molecule has 0 aliphatic heterocycles. The molecule has 9 aromatic rings. The Kier molecular flexibility index (Phi) is 6.00. The Labute approximate surface area is 264 Å². The molecule has 210 valence electrons. The van der Waals surface area contributed by atoms with E-state index in [4.69, 9.17) is 15.0 Å². The maximum absolute atomic E-state index is 5.13. The topological polar surface area (TPSA) is 38.7 Å². The van der Waals surface area contributed by atoms with Gasteiger partial charge in [0.1, 0.15) is 0 Å². The summed E-state index contributed by atoms with van der Waals surface area (Å²) in [6, 6.07) is 53.4. The predicted molar refractivity (Wildman–Crippen MR) is 189 cm³/mol. The zero-order valence-electron chi connectivity index (χ0n) is 24.2. The Bertz CT molecular complexity index is 2550. The molecule has 7 aromatic carbocycles. The summed E-state index contributed by atoms with van der Waals surface area (Å²) in [5.41, 5.74) is 5.25. The molecular weight excluding hydrogens is 567 g/mol. The summed E-state index contributed by atoms with van der Waals surface area (Å²) in [5.74, 6) is 1.98. The maximum Gasteiger partial charge on any atom is 0.164 e. The Morgan fingerprint density at radius 2 is 0.911 bits per heavy atom. The molecule has 0 N–H and O–H groups in total. The average Bonchev–Trinajstić information content (AvgIpc) is 3.50. The largest absolute Gasteiger partial charge is 0.208 e. The van der Waals surface area contributed by atoms with Gasteiger partial charge in [0.25, 0.3) is 0 Å². The summed E-state index contributed by atoms with van der Waals surface area (Å²) >= 11 is 1.81. The van der Waals surface area contributed by atoms with Crippen LogP contribution >= 0.6 is 11.3 Å². The van der Waals surface area contributed by atoms with Gasteiger partial charge in [0.2, 0.25) is 0 Å². The molecule has 0 unspecified atom stereocenters. The van der Waals surface area contributed by atoms with Crippen molar-refractivity contribution in [2.75, 3.05) is 0 Å². The van der Waals surface area contributed by atoms with Crippen molar-refractivity contribution in [1.29, 1.82) is 0 Å². The van der Waals surface area contributed by atoms with E-state index >= 15 is 0 Å². The third-order valence-corrected chi connectivity index (χ3v) is 9.59. The molecule has 9 rings (SSSR count). The highest BCUT2D eigenvalue weighted by molar-refractivity contribution is 7.26. The van der Waals surface area contributed by atoms with E-state index in [1.807, 2.05) is 29.5 Å². The molecule has 0 saturated carbocycles. The predicted octanol–water partition coefficient (Wildman–Crippen LogP) is 11.2. The number of hydrogen-bond donors (Lipinski definition) is 0. The van der Waals surface area contributed by atoms with Crippen LogP contribution in [0.3, 0.4) is 0 Å². The van der Waals surface area contributed by atoms with Crippen molar-refractivity contribution in [3.8, 4) is 45.3 Å². The maximum atomic E-state index is 5.13. The number of benzene rings is 7. The number of thiophene rings is 1. The molecule has 0 aliphatic carbocycles. The van der Waals surface area contributed by atoms with E-state index in [-0.39, 0.29) is 0 Å². The summed E-state index contributed by atoms with van der Waals surface area (Å²) in [6.45, 7) is 0. The SMILES string of the molecule is c1ccc(-c2nc(-c3ccc4ccccc4c3)nc(-c3cc(-c4ccc5ccccc5c4)c4c(c3)sc3ccccc34)n2)cc1. The van der Waals surface area contributed by atoms with Gasteiger partial charge in [-0.25, -0.2) is 15.0 Å². The van der Waals surface area contributed by atoms with Crippen LogP contribution in [-0.2, 0) is 0 Å². The lowest BCUT2D eigenvalue weighted by Gasteiger charge is -2.12. The summed E-state index contributed by atoms with van der Waals surface area (Å²) < 4.78 is 2.48. The molecule has 0 spiro atoms. The standard InChI is InChI=1S/C41H25N3S/c1-2-12-28(13-3-1)39-42-40(32-21-19-27-11-5-7-15-30(27)23-32)44-41(43-39)33-24-35(31-20-18-26-10-4-6-14-29(26)22-31)38-34-16-8-9-17-36(34)45-37(38)25-33/h1-25H. The minimum Gasteiger partial charge on any atom is -0.208 e. The Morgan fingerprint density at radius 1 is 0.356 bits per heavy atom. The van der Waals surface area contributed by atoms with Crippen LogP contribution in [0.15, 0.2) is 152 Å². The summed E-state index contributed by atoms with van der Waals surface area (Å²) in [7, 11) is 0. The lowest BCUT2D eigenvalue weighted by molar-refractivity contribution is 1.08. The number of rotatable bonds is 4. The van der Waals surface area contributed by atoms with Crippen LogP contribution in [0, 0.1) is 0 Å². The molecule has 45 heavy (non-hydrogen) atoms. The molecule has 0 atom stereocenters. The summed E-state index contributed by atoms with van der Waals surface area (Å²) in [4.78, 5) is 15.2. The Morgan fingerprint density at radius 3 is 1.64 bits per heavy atom. The Balaban J connectivity index is 1.31. The molecular formula is C41H25N3S. The van der Waals surface area contributed by atoms with Crippen LogP contribution in [0.2, 0.25) is 0 Å². The van der Waals surface area contributed by atoms with Gasteiger partial charge >= 0.3 is 0 Å². The molecule has 0 saturated heterocycles. The van der Waals surface area contributed by atoms with E-state index in [2.05, 4.69) is 133 Å². The molecule has 4 heteroatoms. The number of nitrogens with zero attached hydrogens (tertiary/aromatic N) is 3. The third kappa shape index (κ3) is 4.55. The first kappa shape index (κ1) is 25.8. The molecule has 2 aromatic heterocycles. The van der Waals surface area contributed by atoms with Gasteiger partial charge in [-0.2, -0.15) is 0 Å².